The van der Waals surface area contributed by atoms with Crippen molar-refractivity contribution in [3.8, 4) is 0 Å². The van der Waals surface area contributed by atoms with Gasteiger partial charge in [0.05, 0.1) is 17.9 Å². The van der Waals surface area contributed by atoms with Crippen LogP contribution in [0.15, 0.2) is 30.5 Å². The van der Waals surface area contributed by atoms with Crippen LogP contribution in [0.4, 0.5) is 5.69 Å². The second kappa shape index (κ2) is 3.98. The Bertz CT molecular complexity index is 612. The molecule has 18 heavy (non-hydrogen) atoms. The highest BCUT2D eigenvalue weighted by molar-refractivity contribution is 6.11. The van der Waals surface area contributed by atoms with Gasteiger partial charge in [-0.05, 0) is 12.0 Å². The molecule has 1 aliphatic heterocycles. The summed E-state index contributed by atoms with van der Waals surface area (Å²) in [6, 6.07) is 8.12. The molecule has 1 aliphatic rings. The number of anilines is 1. The number of nitrogens with zero attached hydrogens (tertiary/aromatic N) is 3. The van der Waals surface area contributed by atoms with Gasteiger partial charge in [0.15, 0.2) is 0 Å². The topological polar surface area (TPSA) is 44.9 Å². The number of nitrogens with one attached hydrogen (secondary N) is 1. The van der Waals surface area contributed by atoms with E-state index in [9.17, 15) is 0 Å². The molecule has 0 saturated carbocycles. The smallest absolute Gasteiger partial charge is 0.133 e. The van der Waals surface area contributed by atoms with Gasteiger partial charge >= 0.3 is 0 Å². The lowest BCUT2D eigenvalue weighted by Gasteiger charge is -2.17. The van der Waals surface area contributed by atoms with Crippen molar-refractivity contribution in [1.29, 1.82) is 5.41 Å². The SMILES string of the molecule is CCc1nn(C)cc1N1Cc2ccccc2C1=N. The zero-order valence-corrected chi connectivity index (χ0v) is 10.6. The molecule has 1 aromatic heterocycles. The van der Waals surface area contributed by atoms with E-state index in [1.165, 1.54) is 5.56 Å². The molecule has 1 N–H and O–H groups in total. The number of rotatable bonds is 2. The molecule has 0 aliphatic carbocycles. The maximum Gasteiger partial charge on any atom is 0.133 e. The third kappa shape index (κ3) is 1.53. The second-order valence-corrected chi connectivity index (χ2v) is 4.58. The van der Waals surface area contributed by atoms with Crippen molar-refractivity contribution >= 4 is 11.5 Å². The Morgan fingerprint density at radius 3 is 2.83 bits per heavy atom. The molecule has 92 valence electrons. The van der Waals surface area contributed by atoms with E-state index in [1.807, 2.05) is 41.0 Å². The minimum Gasteiger partial charge on any atom is -0.319 e. The van der Waals surface area contributed by atoms with Crippen molar-refractivity contribution in [2.24, 2.45) is 7.05 Å². The van der Waals surface area contributed by atoms with Gasteiger partial charge < -0.3 is 4.90 Å². The summed E-state index contributed by atoms with van der Waals surface area (Å²) in [5.74, 6) is 0.577. The van der Waals surface area contributed by atoms with Gasteiger partial charge in [-0.25, -0.2) is 0 Å². The summed E-state index contributed by atoms with van der Waals surface area (Å²) in [6.45, 7) is 2.87. The van der Waals surface area contributed by atoms with Gasteiger partial charge in [-0.2, -0.15) is 5.10 Å². The minimum atomic E-state index is 0.577. The van der Waals surface area contributed by atoms with Crippen molar-refractivity contribution in [3.05, 3.63) is 47.3 Å². The molecule has 0 saturated heterocycles. The van der Waals surface area contributed by atoms with Crippen LogP contribution in [0.5, 0.6) is 0 Å². The molecule has 0 fully saturated rings. The minimum absolute atomic E-state index is 0.577. The molecule has 2 heterocycles. The number of aryl methyl sites for hydroxylation is 2. The third-order valence-corrected chi connectivity index (χ3v) is 3.38. The van der Waals surface area contributed by atoms with Crippen LogP contribution in [0.1, 0.15) is 23.7 Å². The fourth-order valence-corrected chi connectivity index (χ4v) is 2.49. The normalized spacial score (nSPS) is 14.1. The van der Waals surface area contributed by atoms with E-state index < -0.39 is 0 Å². The van der Waals surface area contributed by atoms with Crippen LogP contribution in [0.2, 0.25) is 0 Å². The first kappa shape index (κ1) is 11.0. The summed E-state index contributed by atoms with van der Waals surface area (Å²) in [4.78, 5) is 2.04. The first-order valence-corrected chi connectivity index (χ1v) is 6.17. The number of hydrogen-bond donors (Lipinski definition) is 1. The lowest BCUT2D eigenvalue weighted by molar-refractivity contribution is 0.746. The first-order chi connectivity index (χ1) is 8.70. The van der Waals surface area contributed by atoms with E-state index in [1.54, 1.807) is 0 Å². The Morgan fingerprint density at radius 2 is 2.11 bits per heavy atom. The molecule has 2 aromatic rings. The molecule has 4 heteroatoms. The first-order valence-electron chi connectivity index (χ1n) is 6.17. The number of amidine groups is 1. The summed E-state index contributed by atoms with van der Waals surface area (Å²) < 4.78 is 1.82. The zero-order chi connectivity index (χ0) is 12.7. The molecule has 1 aromatic carbocycles. The van der Waals surface area contributed by atoms with Gasteiger partial charge in [-0.15, -0.1) is 0 Å². The predicted molar refractivity (Wildman–Crippen MR) is 72.0 cm³/mol. The Labute approximate surface area is 106 Å². The number of hydrogen-bond acceptors (Lipinski definition) is 2. The Hall–Kier alpha value is -2.10. The molecule has 0 bridgehead atoms. The monoisotopic (exact) mass is 240 g/mol. The Morgan fingerprint density at radius 1 is 1.33 bits per heavy atom. The summed E-state index contributed by atoms with van der Waals surface area (Å²) in [5.41, 5.74) is 4.35. The van der Waals surface area contributed by atoms with E-state index in [0.29, 0.717) is 5.84 Å². The highest BCUT2D eigenvalue weighted by Gasteiger charge is 2.27. The van der Waals surface area contributed by atoms with Gasteiger partial charge in [0.25, 0.3) is 0 Å². The average molecular weight is 240 g/mol. The Kier molecular flexibility index (Phi) is 2.44. The molecule has 0 radical (unpaired) electrons. The standard InChI is InChI=1S/C14H16N4/c1-3-12-13(9-17(2)16-12)18-8-10-6-4-5-7-11(10)14(18)15/h4-7,9,15H,3,8H2,1-2H3. The summed E-state index contributed by atoms with van der Waals surface area (Å²) in [6.07, 6.45) is 2.88. The second-order valence-electron chi connectivity index (χ2n) is 4.58. The quantitative estimate of drug-likeness (QED) is 0.875. The molecule has 0 atom stereocenters. The van der Waals surface area contributed by atoms with Gasteiger partial charge in [0.1, 0.15) is 5.84 Å². The molecule has 0 amide bonds. The van der Waals surface area contributed by atoms with Crippen LogP contribution in [0.25, 0.3) is 0 Å². The van der Waals surface area contributed by atoms with Crippen LogP contribution in [0, 0.1) is 5.41 Å². The van der Waals surface area contributed by atoms with Crippen LogP contribution < -0.4 is 4.90 Å². The summed E-state index contributed by atoms with van der Waals surface area (Å²) in [5, 5.41) is 12.7. The Balaban J connectivity index is 2.03. The van der Waals surface area contributed by atoms with Gasteiger partial charge in [-0.1, -0.05) is 31.2 Å². The molecule has 0 spiro atoms. The maximum atomic E-state index is 8.30. The molecule has 0 unspecified atom stereocenters. The van der Waals surface area contributed by atoms with Crippen LogP contribution in [0.3, 0.4) is 0 Å². The third-order valence-electron chi connectivity index (χ3n) is 3.38. The van der Waals surface area contributed by atoms with Gasteiger partial charge in [0, 0.05) is 18.8 Å². The predicted octanol–water partition coefficient (Wildman–Crippen LogP) is 2.33. The average Bonchev–Trinajstić information content (AvgIpc) is 2.91. The van der Waals surface area contributed by atoms with Gasteiger partial charge in [-0.3, -0.25) is 10.1 Å². The molecule has 3 rings (SSSR count). The van der Waals surface area contributed by atoms with Crippen LogP contribution in [-0.2, 0) is 20.0 Å². The molecular weight excluding hydrogens is 224 g/mol. The summed E-state index contributed by atoms with van der Waals surface area (Å²) >= 11 is 0. The van der Waals surface area contributed by atoms with E-state index in [0.717, 1.165) is 29.9 Å². The lowest BCUT2D eigenvalue weighted by Crippen LogP contribution is -2.23. The summed E-state index contributed by atoms with van der Waals surface area (Å²) in [7, 11) is 1.93. The van der Waals surface area contributed by atoms with Crippen molar-refractivity contribution in [2.75, 3.05) is 4.90 Å². The lowest BCUT2D eigenvalue weighted by atomic mass is 10.1. The number of fused-ring (bicyclic) bond motifs is 1. The largest absolute Gasteiger partial charge is 0.319 e. The van der Waals surface area contributed by atoms with Crippen molar-refractivity contribution in [2.45, 2.75) is 19.9 Å². The highest BCUT2D eigenvalue weighted by Crippen LogP contribution is 2.30. The fourth-order valence-electron chi connectivity index (χ4n) is 2.49. The van der Waals surface area contributed by atoms with Gasteiger partial charge in [0.2, 0.25) is 0 Å². The van der Waals surface area contributed by atoms with E-state index in [4.69, 9.17) is 5.41 Å². The maximum absolute atomic E-state index is 8.30. The van der Waals surface area contributed by atoms with E-state index in [2.05, 4.69) is 18.1 Å². The highest BCUT2D eigenvalue weighted by atomic mass is 15.3. The molecule has 4 nitrogen and oxygen atoms in total. The van der Waals surface area contributed by atoms with Crippen molar-refractivity contribution in [1.82, 2.24) is 9.78 Å². The van der Waals surface area contributed by atoms with Crippen molar-refractivity contribution < 1.29 is 0 Å². The number of benzene rings is 1. The molecular formula is C14H16N4. The van der Waals surface area contributed by atoms with E-state index in [-0.39, 0.29) is 0 Å². The van der Waals surface area contributed by atoms with Crippen molar-refractivity contribution in [3.63, 3.8) is 0 Å². The fraction of sp³-hybridized carbons (Fsp3) is 0.286. The zero-order valence-electron chi connectivity index (χ0n) is 10.6. The number of aromatic nitrogens is 2. The van der Waals surface area contributed by atoms with E-state index >= 15 is 0 Å². The van der Waals surface area contributed by atoms with Crippen LogP contribution >= 0.6 is 0 Å². The van der Waals surface area contributed by atoms with Crippen LogP contribution in [-0.4, -0.2) is 15.6 Å².